The normalized spacial score (nSPS) is 10.8. The molecule has 0 saturated heterocycles. The molecule has 0 aliphatic carbocycles. The Bertz CT molecular complexity index is 651. The first-order valence-electron chi connectivity index (χ1n) is 6.77. The number of hydrogen-bond donors (Lipinski definition) is 1. The molecular formula is C14H19N5O2. The third-order valence-corrected chi connectivity index (χ3v) is 3.38. The van der Waals surface area contributed by atoms with E-state index in [1.807, 2.05) is 19.3 Å². The van der Waals surface area contributed by atoms with Gasteiger partial charge >= 0.3 is 0 Å². The summed E-state index contributed by atoms with van der Waals surface area (Å²) in [5.41, 5.74) is 3.12. The fourth-order valence-corrected chi connectivity index (χ4v) is 2.24. The molecule has 2 rings (SSSR count). The van der Waals surface area contributed by atoms with Gasteiger partial charge in [-0.15, -0.1) is 0 Å². The van der Waals surface area contributed by atoms with Gasteiger partial charge in [0.15, 0.2) is 0 Å². The number of rotatable bonds is 6. The second-order valence-corrected chi connectivity index (χ2v) is 5.03. The van der Waals surface area contributed by atoms with Crippen molar-refractivity contribution < 1.29 is 4.92 Å². The molecule has 7 nitrogen and oxygen atoms in total. The Morgan fingerprint density at radius 3 is 2.81 bits per heavy atom. The third kappa shape index (κ3) is 3.63. The fraction of sp³-hybridized carbons (Fsp3) is 0.429. The largest absolute Gasteiger partial charge is 0.311 e. The minimum atomic E-state index is -0.344. The van der Waals surface area contributed by atoms with E-state index in [1.165, 1.54) is 0 Å². The first-order valence-corrected chi connectivity index (χ1v) is 6.77. The predicted molar refractivity (Wildman–Crippen MR) is 79.0 cm³/mol. The topological polar surface area (TPSA) is 85.9 Å². The number of aryl methyl sites for hydroxylation is 2. The van der Waals surface area contributed by atoms with Crippen LogP contribution in [0.1, 0.15) is 22.5 Å². The van der Waals surface area contributed by atoms with Gasteiger partial charge < -0.3 is 5.32 Å². The van der Waals surface area contributed by atoms with E-state index in [-0.39, 0.29) is 10.6 Å². The molecular weight excluding hydrogens is 270 g/mol. The van der Waals surface area contributed by atoms with Crippen LogP contribution in [0.5, 0.6) is 0 Å². The molecule has 2 heterocycles. The summed E-state index contributed by atoms with van der Waals surface area (Å²) in [6, 6.07) is 1.97. The number of nitrogens with one attached hydrogen (secondary N) is 1. The van der Waals surface area contributed by atoms with Crippen molar-refractivity contribution >= 4 is 5.69 Å². The highest BCUT2D eigenvalue weighted by Crippen LogP contribution is 2.23. The van der Waals surface area contributed by atoms with Gasteiger partial charge in [-0.05, 0) is 19.9 Å². The minimum Gasteiger partial charge on any atom is -0.311 e. The van der Waals surface area contributed by atoms with Crippen molar-refractivity contribution in [2.45, 2.75) is 26.8 Å². The van der Waals surface area contributed by atoms with Crippen molar-refractivity contribution in [3.8, 4) is 0 Å². The Kier molecular flexibility index (Phi) is 4.64. The van der Waals surface area contributed by atoms with E-state index in [0.29, 0.717) is 23.4 Å². The van der Waals surface area contributed by atoms with E-state index in [4.69, 9.17) is 0 Å². The fourth-order valence-electron chi connectivity index (χ4n) is 2.24. The Balaban J connectivity index is 1.94. The molecule has 0 radical (unpaired) electrons. The quantitative estimate of drug-likeness (QED) is 0.496. The van der Waals surface area contributed by atoms with Crippen LogP contribution in [0.3, 0.4) is 0 Å². The van der Waals surface area contributed by atoms with Gasteiger partial charge in [0, 0.05) is 50.1 Å². The number of nitrogens with zero attached hydrogens (tertiary/aromatic N) is 4. The molecule has 0 aliphatic heterocycles. The summed E-state index contributed by atoms with van der Waals surface area (Å²) in [5, 5.41) is 18.6. The molecule has 2 aromatic heterocycles. The smallest absolute Gasteiger partial charge is 0.278 e. The summed E-state index contributed by atoms with van der Waals surface area (Å²) in [6.07, 6.45) is 4.28. The molecule has 0 fully saturated rings. The lowest BCUT2D eigenvalue weighted by molar-refractivity contribution is -0.386. The van der Waals surface area contributed by atoms with Gasteiger partial charge in [-0.1, -0.05) is 0 Å². The maximum absolute atomic E-state index is 11.1. The molecule has 112 valence electrons. The maximum Gasteiger partial charge on any atom is 0.278 e. The van der Waals surface area contributed by atoms with Gasteiger partial charge in [-0.3, -0.25) is 19.8 Å². The number of aromatic nitrogens is 3. The Morgan fingerprint density at radius 2 is 2.19 bits per heavy atom. The van der Waals surface area contributed by atoms with Crippen molar-refractivity contribution in [3.05, 3.63) is 51.1 Å². The van der Waals surface area contributed by atoms with Crippen LogP contribution < -0.4 is 5.32 Å². The van der Waals surface area contributed by atoms with E-state index < -0.39 is 0 Å². The Hall–Kier alpha value is -2.28. The van der Waals surface area contributed by atoms with Crippen LogP contribution in [0.2, 0.25) is 0 Å². The summed E-state index contributed by atoms with van der Waals surface area (Å²) >= 11 is 0. The minimum absolute atomic E-state index is 0.159. The zero-order valence-corrected chi connectivity index (χ0v) is 12.5. The lowest BCUT2D eigenvalue weighted by Gasteiger charge is -2.08. The zero-order chi connectivity index (χ0) is 15.4. The van der Waals surface area contributed by atoms with E-state index in [0.717, 1.165) is 18.7 Å². The molecule has 0 spiro atoms. The van der Waals surface area contributed by atoms with Crippen molar-refractivity contribution in [1.82, 2.24) is 20.1 Å². The average Bonchev–Trinajstić information content (AvgIpc) is 2.82. The van der Waals surface area contributed by atoms with Gasteiger partial charge in [-0.2, -0.15) is 5.10 Å². The van der Waals surface area contributed by atoms with Crippen LogP contribution in [-0.4, -0.2) is 26.2 Å². The number of pyridine rings is 1. The van der Waals surface area contributed by atoms with Gasteiger partial charge in [0.05, 0.1) is 16.3 Å². The van der Waals surface area contributed by atoms with Gasteiger partial charge in [0.25, 0.3) is 5.69 Å². The molecule has 0 unspecified atom stereocenters. The Morgan fingerprint density at radius 1 is 1.43 bits per heavy atom. The van der Waals surface area contributed by atoms with Crippen molar-refractivity contribution in [2.75, 3.05) is 6.54 Å². The summed E-state index contributed by atoms with van der Waals surface area (Å²) in [6.45, 7) is 4.71. The first-order chi connectivity index (χ1) is 9.99. The third-order valence-electron chi connectivity index (χ3n) is 3.38. The summed E-state index contributed by atoms with van der Waals surface area (Å²) in [7, 11) is 1.88. The lowest BCUT2D eigenvalue weighted by atomic mass is 10.1. The second kappa shape index (κ2) is 6.45. The second-order valence-electron chi connectivity index (χ2n) is 5.03. The highest BCUT2D eigenvalue weighted by atomic mass is 16.6. The molecule has 2 aromatic rings. The van der Waals surface area contributed by atoms with Crippen LogP contribution in [-0.2, 0) is 20.0 Å². The van der Waals surface area contributed by atoms with Crippen LogP contribution in [0, 0.1) is 24.0 Å². The average molecular weight is 289 g/mol. The van der Waals surface area contributed by atoms with Crippen LogP contribution in [0.25, 0.3) is 0 Å². The molecule has 7 heteroatoms. The van der Waals surface area contributed by atoms with Gasteiger partial charge in [0.2, 0.25) is 0 Å². The monoisotopic (exact) mass is 289 g/mol. The SMILES string of the molecule is Cc1cnc(CNCCc2ccn(C)n2)c(C)c1[N+](=O)[O-]. The summed E-state index contributed by atoms with van der Waals surface area (Å²) in [4.78, 5) is 15.0. The van der Waals surface area contributed by atoms with Gasteiger partial charge in [0.1, 0.15) is 0 Å². The predicted octanol–water partition coefficient (Wildman–Crippen LogP) is 1.67. The van der Waals surface area contributed by atoms with E-state index in [2.05, 4.69) is 15.4 Å². The summed E-state index contributed by atoms with van der Waals surface area (Å²) in [5.74, 6) is 0. The first kappa shape index (κ1) is 15.1. The standard InChI is InChI=1S/C14H19N5O2/c1-10-8-16-13(11(2)14(10)19(20)21)9-15-6-4-12-5-7-18(3)17-12/h5,7-8,15H,4,6,9H2,1-3H3. The molecule has 21 heavy (non-hydrogen) atoms. The highest BCUT2D eigenvalue weighted by molar-refractivity contribution is 5.47. The molecule has 0 aromatic carbocycles. The van der Waals surface area contributed by atoms with E-state index >= 15 is 0 Å². The lowest BCUT2D eigenvalue weighted by Crippen LogP contribution is -2.19. The number of nitro groups is 1. The zero-order valence-electron chi connectivity index (χ0n) is 12.5. The molecule has 0 atom stereocenters. The van der Waals surface area contributed by atoms with Crippen LogP contribution in [0.15, 0.2) is 18.5 Å². The van der Waals surface area contributed by atoms with Crippen molar-refractivity contribution in [1.29, 1.82) is 0 Å². The van der Waals surface area contributed by atoms with E-state index in [9.17, 15) is 10.1 Å². The molecule has 0 bridgehead atoms. The van der Waals surface area contributed by atoms with Crippen molar-refractivity contribution in [3.63, 3.8) is 0 Å². The van der Waals surface area contributed by atoms with Crippen molar-refractivity contribution in [2.24, 2.45) is 7.05 Å². The summed E-state index contributed by atoms with van der Waals surface area (Å²) < 4.78 is 1.77. The van der Waals surface area contributed by atoms with Crippen LogP contribution in [0.4, 0.5) is 5.69 Å². The molecule has 1 N–H and O–H groups in total. The molecule has 0 saturated carbocycles. The maximum atomic E-state index is 11.1. The number of hydrogen-bond acceptors (Lipinski definition) is 5. The highest BCUT2D eigenvalue weighted by Gasteiger charge is 2.18. The van der Waals surface area contributed by atoms with E-state index in [1.54, 1.807) is 24.7 Å². The molecule has 0 amide bonds. The Labute approximate surface area is 123 Å². The van der Waals surface area contributed by atoms with Gasteiger partial charge in [-0.25, -0.2) is 0 Å². The molecule has 0 aliphatic rings. The van der Waals surface area contributed by atoms with Crippen LogP contribution >= 0.6 is 0 Å².